The Balaban J connectivity index is 1.47. The molecule has 0 fully saturated rings. The van der Waals surface area contributed by atoms with Gasteiger partial charge in [-0.1, -0.05) is 101 Å². The summed E-state index contributed by atoms with van der Waals surface area (Å²) in [5, 5.41) is 0.0936. The second-order valence-electron chi connectivity index (χ2n) is 9.91. The van der Waals surface area contributed by atoms with Crippen LogP contribution in [0.15, 0.2) is 60.9 Å². The SMILES string of the molecule is CCCCCCCCCc1cnc(-c2ccc(-c3ccc(CC(C)OC[C@@H](Cl)CC)cc3)cc2)nc1. The van der Waals surface area contributed by atoms with Crippen molar-refractivity contribution in [2.45, 2.75) is 96.5 Å². The van der Waals surface area contributed by atoms with Gasteiger partial charge in [0.25, 0.3) is 0 Å². The van der Waals surface area contributed by atoms with Gasteiger partial charge in [-0.15, -0.1) is 11.6 Å². The van der Waals surface area contributed by atoms with E-state index in [2.05, 4.69) is 79.3 Å². The summed E-state index contributed by atoms with van der Waals surface area (Å²) in [6.07, 6.45) is 16.3. The van der Waals surface area contributed by atoms with Crippen LogP contribution in [0.2, 0.25) is 0 Å². The number of alkyl halides is 1. The van der Waals surface area contributed by atoms with Crippen LogP contribution < -0.4 is 0 Å². The van der Waals surface area contributed by atoms with E-state index in [1.54, 1.807) is 0 Å². The van der Waals surface area contributed by atoms with Gasteiger partial charge in [0, 0.05) is 18.0 Å². The van der Waals surface area contributed by atoms with Crippen molar-refractivity contribution in [2.75, 3.05) is 6.61 Å². The Morgan fingerprint density at radius 1 is 0.722 bits per heavy atom. The van der Waals surface area contributed by atoms with E-state index in [-0.39, 0.29) is 11.5 Å². The Morgan fingerprint density at radius 2 is 1.28 bits per heavy atom. The molecule has 2 aromatic carbocycles. The van der Waals surface area contributed by atoms with E-state index in [1.807, 2.05) is 12.4 Å². The normalized spacial score (nSPS) is 13.0. The number of aromatic nitrogens is 2. The van der Waals surface area contributed by atoms with Crippen LogP contribution >= 0.6 is 11.6 Å². The van der Waals surface area contributed by atoms with Crippen molar-refractivity contribution in [1.29, 1.82) is 0 Å². The highest BCUT2D eigenvalue weighted by Gasteiger charge is 2.09. The molecule has 194 valence electrons. The van der Waals surface area contributed by atoms with Crippen LogP contribution in [-0.4, -0.2) is 28.1 Å². The molecule has 0 amide bonds. The molecule has 0 saturated carbocycles. The lowest BCUT2D eigenvalue weighted by Gasteiger charge is -2.15. The molecule has 3 aromatic rings. The van der Waals surface area contributed by atoms with E-state index in [4.69, 9.17) is 16.3 Å². The summed E-state index contributed by atoms with van der Waals surface area (Å²) in [4.78, 5) is 9.26. The zero-order valence-corrected chi connectivity index (χ0v) is 23.1. The molecule has 0 aliphatic rings. The number of ether oxygens (including phenoxy) is 1. The van der Waals surface area contributed by atoms with Gasteiger partial charge in [-0.05, 0) is 54.9 Å². The Labute approximate surface area is 223 Å². The van der Waals surface area contributed by atoms with Crippen molar-refractivity contribution in [2.24, 2.45) is 0 Å². The van der Waals surface area contributed by atoms with E-state index in [0.717, 1.165) is 30.7 Å². The quantitative estimate of drug-likeness (QED) is 0.143. The maximum Gasteiger partial charge on any atom is 0.159 e. The molecule has 0 aliphatic heterocycles. The molecule has 3 nitrogen and oxygen atoms in total. The summed E-state index contributed by atoms with van der Waals surface area (Å²) in [5.74, 6) is 0.788. The molecule has 0 spiro atoms. The fourth-order valence-corrected chi connectivity index (χ4v) is 4.41. The van der Waals surface area contributed by atoms with Gasteiger partial charge in [-0.25, -0.2) is 9.97 Å². The molecular formula is C32H43ClN2O. The Morgan fingerprint density at radius 3 is 1.89 bits per heavy atom. The van der Waals surface area contributed by atoms with Gasteiger partial charge in [0.15, 0.2) is 5.82 Å². The third-order valence-corrected chi connectivity index (χ3v) is 7.17. The lowest BCUT2D eigenvalue weighted by atomic mass is 10.0. The molecule has 36 heavy (non-hydrogen) atoms. The highest BCUT2D eigenvalue weighted by molar-refractivity contribution is 6.20. The van der Waals surface area contributed by atoms with Crippen molar-refractivity contribution in [3.8, 4) is 22.5 Å². The molecule has 3 rings (SSSR count). The summed E-state index contributed by atoms with van der Waals surface area (Å²) in [5.41, 5.74) is 5.95. The lowest BCUT2D eigenvalue weighted by Crippen LogP contribution is -2.17. The number of nitrogens with zero attached hydrogens (tertiary/aromatic N) is 2. The summed E-state index contributed by atoms with van der Waals surface area (Å²) in [6.45, 7) is 7.06. The molecule has 0 saturated heterocycles. The second kappa shape index (κ2) is 15.8. The summed E-state index contributed by atoms with van der Waals surface area (Å²) in [7, 11) is 0. The van der Waals surface area contributed by atoms with E-state index in [9.17, 15) is 0 Å². The number of benzene rings is 2. The molecule has 0 radical (unpaired) electrons. The monoisotopic (exact) mass is 506 g/mol. The second-order valence-corrected chi connectivity index (χ2v) is 10.5. The molecule has 1 heterocycles. The van der Waals surface area contributed by atoms with Gasteiger partial charge < -0.3 is 4.74 Å². The van der Waals surface area contributed by atoms with Gasteiger partial charge >= 0.3 is 0 Å². The predicted molar refractivity (Wildman–Crippen MR) is 154 cm³/mol. The van der Waals surface area contributed by atoms with Crippen LogP contribution in [-0.2, 0) is 17.6 Å². The van der Waals surface area contributed by atoms with Crippen LogP contribution in [0.4, 0.5) is 0 Å². The fraction of sp³-hybridized carbons (Fsp3) is 0.500. The number of hydrogen-bond donors (Lipinski definition) is 0. The van der Waals surface area contributed by atoms with E-state index < -0.39 is 0 Å². The molecule has 0 aliphatic carbocycles. The number of rotatable bonds is 16. The largest absolute Gasteiger partial charge is 0.377 e. The van der Waals surface area contributed by atoms with Gasteiger partial charge in [0.1, 0.15) is 0 Å². The molecule has 1 unspecified atom stereocenters. The highest BCUT2D eigenvalue weighted by atomic mass is 35.5. The number of hydrogen-bond acceptors (Lipinski definition) is 3. The third-order valence-electron chi connectivity index (χ3n) is 6.73. The van der Waals surface area contributed by atoms with Gasteiger partial charge in [0.2, 0.25) is 0 Å². The summed E-state index contributed by atoms with van der Waals surface area (Å²) < 4.78 is 5.87. The van der Waals surface area contributed by atoms with E-state index >= 15 is 0 Å². The zero-order valence-electron chi connectivity index (χ0n) is 22.4. The standard InChI is InChI=1S/C32H43ClN2O/c1-4-6-7-8-9-10-11-12-27-22-34-32(35-23-27)30-19-17-29(18-20-30)28-15-13-26(14-16-28)21-25(3)36-24-31(33)5-2/h13-20,22-23,25,31H,4-12,21,24H2,1-3H3/t25?,31-/m0/s1. The van der Waals surface area contributed by atoms with Crippen molar-refractivity contribution in [3.63, 3.8) is 0 Å². The first-order chi connectivity index (χ1) is 17.6. The molecule has 4 heteroatoms. The molecular weight excluding hydrogens is 464 g/mol. The topological polar surface area (TPSA) is 35.0 Å². The highest BCUT2D eigenvalue weighted by Crippen LogP contribution is 2.24. The van der Waals surface area contributed by atoms with Crippen molar-refractivity contribution in [3.05, 3.63) is 72.1 Å². The van der Waals surface area contributed by atoms with Gasteiger partial charge in [-0.3, -0.25) is 0 Å². The maximum absolute atomic E-state index is 6.16. The average molecular weight is 507 g/mol. The Hall–Kier alpha value is -2.23. The average Bonchev–Trinajstić information content (AvgIpc) is 2.92. The first kappa shape index (κ1) is 28.3. The van der Waals surface area contributed by atoms with Gasteiger partial charge in [0.05, 0.1) is 18.1 Å². The van der Waals surface area contributed by atoms with Crippen LogP contribution in [0.5, 0.6) is 0 Å². The number of unbranched alkanes of at least 4 members (excludes halogenated alkanes) is 6. The summed E-state index contributed by atoms with van der Waals surface area (Å²) in [6, 6.07) is 17.3. The van der Waals surface area contributed by atoms with Crippen molar-refractivity contribution in [1.82, 2.24) is 9.97 Å². The zero-order chi connectivity index (χ0) is 25.6. The van der Waals surface area contributed by atoms with Crippen molar-refractivity contribution >= 4 is 11.6 Å². The first-order valence-corrected chi connectivity index (χ1v) is 14.3. The smallest absolute Gasteiger partial charge is 0.159 e. The molecule has 0 N–H and O–H groups in total. The van der Waals surface area contributed by atoms with Crippen LogP contribution in [0.1, 0.15) is 83.3 Å². The minimum atomic E-state index is 0.0936. The van der Waals surface area contributed by atoms with Gasteiger partial charge in [-0.2, -0.15) is 0 Å². The van der Waals surface area contributed by atoms with Crippen LogP contribution in [0, 0.1) is 0 Å². The van der Waals surface area contributed by atoms with Crippen molar-refractivity contribution < 1.29 is 4.74 Å². The van der Waals surface area contributed by atoms with Crippen LogP contribution in [0.25, 0.3) is 22.5 Å². The molecule has 1 aromatic heterocycles. The minimum absolute atomic E-state index is 0.0936. The van der Waals surface area contributed by atoms with Crippen LogP contribution in [0.3, 0.4) is 0 Å². The number of halogens is 1. The van der Waals surface area contributed by atoms with E-state index in [0.29, 0.717) is 6.61 Å². The fourth-order valence-electron chi connectivity index (χ4n) is 4.34. The van der Waals surface area contributed by atoms with E-state index in [1.165, 1.54) is 67.2 Å². The minimum Gasteiger partial charge on any atom is -0.377 e. The Kier molecular flexibility index (Phi) is 12.4. The maximum atomic E-state index is 6.16. The molecule has 0 bridgehead atoms. The Bertz CT molecular complexity index is 986. The first-order valence-electron chi connectivity index (χ1n) is 13.8. The predicted octanol–water partition coefficient (Wildman–Crippen LogP) is 9.07. The molecule has 2 atom stereocenters. The number of aryl methyl sites for hydroxylation is 1. The summed E-state index contributed by atoms with van der Waals surface area (Å²) >= 11 is 6.16. The lowest BCUT2D eigenvalue weighted by molar-refractivity contribution is 0.0661. The third kappa shape index (κ3) is 9.67.